The van der Waals surface area contributed by atoms with Gasteiger partial charge in [-0.15, -0.1) is 0 Å². The van der Waals surface area contributed by atoms with Crippen molar-refractivity contribution in [2.75, 3.05) is 11.4 Å². The second-order valence-corrected chi connectivity index (χ2v) is 6.77. The summed E-state index contributed by atoms with van der Waals surface area (Å²) < 4.78 is 0.964. The van der Waals surface area contributed by atoms with E-state index in [9.17, 15) is 9.59 Å². The van der Waals surface area contributed by atoms with E-state index in [1.54, 1.807) is 17.2 Å². The van der Waals surface area contributed by atoms with Crippen molar-refractivity contribution >= 4 is 33.4 Å². The summed E-state index contributed by atoms with van der Waals surface area (Å²) in [7, 11) is 0. The van der Waals surface area contributed by atoms with Crippen molar-refractivity contribution in [3.63, 3.8) is 0 Å². The van der Waals surface area contributed by atoms with E-state index in [4.69, 9.17) is 0 Å². The van der Waals surface area contributed by atoms with Gasteiger partial charge in [0.25, 0.3) is 5.91 Å². The molecule has 5 nitrogen and oxygen atoms in total. The van der Waals surface area contributed by atoms with Gasteiger partial charge >= 0.3 is 0 Å². The molecule has 6 heteroatoms. The molecule has 1 aliphatic rings. The number of anilines is 1. The monoisotopic (exact) mass is 387 g/mol. The van der Waals surface area contributed by atoms with Crippen LogP contribution in [0, 0.1) is 6.92 Å². The lowest BCUT2D eigenvalue weighted by molar-refractivity contribution is -0.121. The summed E-state index contributed by atoms with van der Waals surface area (Å²) in [6.07, 6.45) is 3.13. The number of aryl methyl sites for hydroxylation is 1. The number of nitrogens with zero attached hydrogens (tertiary/aromatic N) is 2. The van der Waals surface area contributed by atoms with Crippen molar-refractivity contribution in [3.05, 3.63) is 58.3 Å². The van der Waals surface area contributed by atoms with Crippen LogP contribution >= 0.6 is 15.9 Å². The predicted octanol–water partition coefficient (Wildman–Crippen LogP) is 3.08. The Bertz CT molecular complexity index is 744. The molecule has 0 bridgehead atoms. The lowest BCUT2D eigenvalue weighted by Gasteiger charge is -2.32. The van der Waals surface area contributed by atoms with Crippen LogP contribution in [0.1, 0.15) is 28.9 Å². The van der Waals surface area contributed by atoms with E-state index in [1.165, 1.54) is 0 Å². The number of nitrogens with one attached hydrogen (secondary N) is 1. The zero-order chi connectivity index (χ0) is 17.1. The number of carbonyl (C=O) groups excluding carboxylic acids is 2. The molecule has 1 aliphatic heterocycles. The minimum absolute atomic E-state index is 0.0796. The molecule has 1 fully saturated rings. The van der Waals surface area contributed by atoms with Gasteiger partial charge in [-0.2, -0.15) is 0 Å². The average molecular weight is 388 g/mol. The molecular weight excluding hydrogens is 370 g/mol. The van der Waals surface area contributed by atoms with Crippen LogP contribution in [-0.2, 0) is 4.79 Å². The average Bonchev–Trinajstić information content (AvgIpc) is 2.58. The number of aromatic nitrogens is 1. The molecule has 0 aliphatic carbocycles. The molecule has 124 valence electrons. The normalized spacial score (nSPS) is 17.7. The van der Waals surface area contributed by atoms with Gasteiger partial charge in [-0.25, -0.2) is 0 Å². The number of hydrogen-bond donors (Lipinski definition) is 1. The van der Waals surface area contributed by atoms with Crippen molar-refractivity contribution in [2.24, 2.45) is 0 Å². The summed E-state index contributed by atoms with van der Waals surface area (Å²) in [4.78, 5) is 30.9. The van der Waals surface area contributed by atoms with Gasteiger partial charge in [0.05, 0.1) is 0 Å². The van der Waals surface area contributed by atoms with Crippen LogP contribution in [0.2, 0.25) is 0 Å². The van der Waals surface area contributed by atoms with Gasteiger partial charge in [-0.05, 0) is 55.7 Å². The molecule has 2 heterocycles. The molecule has 1 aromatic carbocycles. The van der Waals surface area contributed by atoms with Crippen LogP contribution in [0.25, 0.3) is 0 Å². The van der Waals surface area contributed by atoms with Gasteiger partial charge in [0.1, 0.15) is 11.7 Å². The maximum atomic E-state index is 12.7. The van der Waals surface area contributed by atoms with Gasteiger partial charge in [-0.3, -0.25) is 14.6 Å². The van der Waals surface area contributed by atoms with Crippen molar-refractivity contribution in [2.45, 2.75) is 25.8 Å². The highest BCUT2D eigenvalue weighted by atomic mass is 79.9. The number of benzene rings is 1. The standard InChI is InChI=1S/C18H18BrN3O2/c1-12-4-9-15(20-11-12)17(23)21-16-3-2-10-22(18(16)24)14-7-5-13(19)6-8-14/h4-9,11,16H,2-3,10H2,1H3,(H,21,23). The fourth-order valence-electron chi connectivity index (χ4n) is 2.72. The lowest BCUT2D eigenvalue weighted by Crippen LogP contribution is -2.52. The van der Waals surface area contributed by atoms with Crippen molar-refractivity contribution in [1.82, 2.24) is 10.3 Å². The highest BCUT2D eigenvalue weighted by Gasteiger charge is 2.31. The fraction of sp³-hybridized carbons (Fsp3) is 0.278. The molecule has 1 aromatic heterocycles. The van der Waals surface area contributed by atoms with Crippen molar-refractivity contribution < 1.29 is 9.59 Å². The molecule has 0 spiro atoms. The molecule has 1 atom stereocenters. The van der Waals surface area contributed by atoms with Crippen LogP contribution in [0.3, 0.4) is 0 Å². The zero-order valence-electron chi connectivity index (χ0n) is 13.3. The Kier molecular flexibility index (Phi) is 4.94. The van der Waals surface area contributed by atoms with Gasteiger partial charge in [0.15, 0.2) is 0 Å². The topological polar surface area (TPSA) is 62.3 Å². The summed E-state index contributed by atoms with van der Waals surface area (Å²) in [6, 6.07) is 10.6. The fourth-order valence-corrected chi connectivity index (χ4v) is 2.99. The smallest absolute Gasteiger partial charge is 0.270 e. The van der Waals surface area contributed by atoms with Gasteiger partial charge in [0.2, 0.25) is 5.91 Å². The number of halogens is 1. The van der Waals surface area contributed by atoms with E-state index in [2.05, 4.69) is 26.2 Å². The van der Waals surface area contributed by atoms with Crippen LogP contribution in [-0.4, -0.2) is 29.4 Å². The van der Waals surface area contributed by atoms with E-state index >= 15 is 0 Å². The Morgan fingerprint density at radius 1 is 1.25 bits per heavy atom. The molecule has 24 heavy (non-hydrogen) atoms. The van der Waals surface area contributed by atoms with E-state index in [1.807, 2.05) is 37.3 Å². The summed E-state index contributed by atoms with van der Waals surface area (Å²) in [5, 5.41) is 2.81. The number of amides is 2. The molecule has 2 aromatic rings. The van der Waals surface area contributed by atoms with E-state index in [0.29, 0.717) is 18.7 Å². The third-order valence-electron chi connectivity index (χ3n) is 4.03. The van der Waals surface area contributed by atoms with Crippen LogP contribution in [0.4, 0.5) is 5.69 Å². The summed E-state index contributed by atoms with van der Waals surface area (Å²) >= 11 is 3.39. The van der Waals surface area contributed by atoms with Crippen molar-refractivity contribution in [3.8, 4) is 0 Å². The SMILES string of the molecule is Cc1ccc(C(=O)NC2CCCN(c3ccc(Br)cc3)C2=O)nc1. The molecular formula is C18H18BrN3O2. The van der Waals surface area contributed by atoms with E-state index < -0.39 is 6.04 Å². The quantitative estimate of drug-likeness (QED) is 0.879. The number of carbonyl (C=O) groups is 2. The molecule has 1 unspecified atom stereocenters. The Hall–Kier alpha value is -2.21. The largest absolute Gasteiger partial charge is 0.339 e. The van der Waals surface area contributed by atoms with Crippen LogP contribution in [0.5, 0.6) is 0 Å². The Morgan fingerprint density at radius 3 is 2.67 bits per heavy atom. The van der Waals surface area contributed by atoms with Crippen LogP contribution in [0.15, 0.2) is 47.1 Å². The van der Waals surface area contributed by atoms with E-state index in [0.717, 1.165) is 22.1 Å². The molecule has 0 radical (unpaired) electrons. The highest BCUT2D eigenvalue weighted by Crippen LogP contribution is 2.23. The third kappa shape index (κ3) is 3.64. The number of rotatable bonds is 3. The summed E-state index contributed by atoms with van der Waals surface area (Å²) in [5.41, 5.74) is 2.16. The number of pyridine rings is 1. The van der Waals surface area contributed by atoms with Gasteiger partial charge in [0, 0.05) is 22.9 Å². The van der Waals surface area contributed by atoms with Gasteiger partial charge in [-0.1, -0.05) is 22.0 Å². The maximum absolute atomic E-state index is 12.7. The minimum Gasteiger partial charge on any atom is -0.339 e. The summed E-state index contributed by atoms with van der Waals surface area (Å²) in [6.45, 7) is 2.57. The van der Waals surface area contributed by atoms with Crippen molar-refractivity contribution in [1.29, 1.82) is 0 Å². The number of piperidine rings is 1. The number of hydrogen-bond acceptors (Lipinski definition) is 3. The minimum atomic E-state index is -0.516. The van der Waals surface area contributed by atoms with Crippen LogP contribution < -0.4 is 10.2 Å². The first-order valence-corrected chi connectivity index (χ1v) is 8.64. The summed E-state index contributed by atoms with van der Waals surface area (Å²) in [5.74, 6) is -0.393. The van der Waals surface area contributed by atoms with Gasteiger partial charge < -0.3 is 10.2 Å². The Morgan fingerprint density at radius 2 is 2.00 bits per heavy atom. The third-order valence-corrected chi connectivity index (χ3v) is 4.55. The Balaban J connectivity index is 1.71. The molecule has 1 N–H and O–H groups in total. The first-order valence-electron chi connectivity index (χ1n) is 7.85. The second-order valence-electron chi connectivity index (χ2n) is 5.86. The molecule has 3 rings (SSSR count). The Labute approximate surface area is 149 Å². The molecule has 2 amide bonds. The lowest BCUT2D eigenvalue weighted by atomic mass is 10.0. The second kappa shape index (κ2) is 7.13. The first-order chi connectivity index (χ1) is 11.5. The van der Waals surface area contributed by atoms with E-state index in [-0.39, 0.29) is 11.8 Å². The first kappa shape index (κ1) is 16.6. The zero-order valence-corrected chi connectivity index (χ0v) is 14.9. The highest BCUT2D eigenvalue weighted by molar-refractivity contribution is 9.10. The predicted molar refractivity (Wildman–Crippen MR) is 96.0 cm³/mol. The molecule has 1 saturated heterocycles. The molecule has 0 saturated carbocycles. The maximum Gasteiger partial charge on any atom is 0.270 e.